The van der Waals surface area contributed by atoms with Gasteiger partial charge in [0.05, 0.1) is 7.11 Å². The fraction of sp³-hybridized carbons (Fsp3) is 0.235. The molecule has 2 aromatic rings. The second-order valence-corrected chi connectivity index (χ2v) is 5.43. The van der Waals surface area contributed by atoms with Gasteiger partial charge in [-0.05, 0) is 31.5 Å². The van der Waals surface area contributed by atoms with Crippen LogP contribution < -0.4 is 19.7 Å². The predicted octanol–water partition coefficient (Wildman–Crippen LogP) is 2.64. The summed E-state index contributed by atoms with van der Waals surface area (Å²) in [5, 5.41) is 2.55. The minimum atomic E-state index is -0.565. The Bertz CT molecular complexity index is 806. The molecule has 7 heteroatoms. The number of aryl methyl sites for hydroxylation is 1. The number of ether oxygens (including phenoxy) is 2. The lowest BCUT2D eigenvalue weighted by atomic mass is 10.2. The zero-order valence-corrected chi connectivity index (χ0v) is 13.6. The normalized spacial score (nSPS) is 17.0. The highest BCUT2D eigenvalue weighted by Crippen LogP contribution is 2.29. The maximum atomic E-state index is 12.1. The Kier molecular flexibility index (Phi) is 4.07. The second-order valence-electron chi connectivity index (χ2n) is 5.43. The molecule has 24 heavy (non-hydrogen) atoms. The van der Waals surface area contributed by atoms with E-state index in [1.54, 1.807) is 32.2 Å². The molecule has 0 saturated carbocycles. The number of nitrogens with one attached hydrogen (secondary N) is 1. The SMILES string of the molecule is COc1cc(Oc2ccnc(N3C(=O)NC(C)C3=O)c2)ccc1C. The number of hydrogen-bond acceptors (Lipinski definition) is 5. The number of hydrogen-bond donors (Lipinski definition) is 1. The van der Waals surface area contributed by atoms with Gasteiger partial charge in [-0.25, -0.2) is 14.7 Å². The molecule has 0 radical (unpaired) electrons. The van der Waals surface area contributed by atoms with Gasteiger partial charge in [0.2, 0.25) is 0 Å². The first kappa shape index (κ1) is 15.8. The number of rotatable bonds is 4. The molecule has 0 bridgehead atoms. The first-order chi connectivity index (χ1) is 11.5. The smallest absolute Gasteiger partial charge is 0.330 e. The number of nitrogens with zero attached hydrogens (tertiary/aromatic N) is 2. The third-order valence-corrected chi connectivity index (χ3v) is 3.70. The molecular formula is C17H17N3O4. The monoisotopic (exact) mass is 327 g/mol. The van der Waals surface area contributed by atoms with Gasteiger partial charge in [0.1, 0.15) is 29.1 Å². The summed E-state index contributed by atoms with van der Waals surface area (Å²) in [6, 6.07) is 7.60. The average molecular weight is 327 g/mol. The van der Waals surface area contributed by atoms with Gasteiger partial charge >= 0.3 is 6.03 Å². The summed E-state index contributed by atoms with van der Waals surface area (Å²) in [6.45, 7) is 3.56. The van der Waals surface area contributed by atoms with Gasteiger partial charge in [-0.1, -0.05) is 6.07 Å². The number of anilines is 1. The van der Waals surface area contributed by atoms with Crippen molar-refractivity contribution in [1.82, 2.24) is 10.3 Å². The Morgan fingerprint density at radius 3 is 2.58 bits per heavy atom. The molecule has 2 heterocycles. The van der Waals surface area contributed by atoms with Gasteiger partial charge < -0.3 is 14.8 Å². The second kappa shape index (κ2) is 6.19. The van der Waals surface area contributed by atoms with Crippen molar-refractivity contribution in [2.75, 3.05) is 12.0 Å². The van der Waals surface area contributed by atoms with E-state index in [1.165, 1.54) is 6.20 Å². The fourth-order valence-corrected chi connectivity index (χ4v) is 2.41. The van der Waals surface area contributed by atoms with Gasteiger partial charge in [0, 0.05) is 18.3 Å². The van der Waals surface area contributed by atoms with E-state index in [4.69, 9.17) is 9.47 Å². The molecule has 1 atom stereocenters. The Morgan fingerprint density at radius 1 is 1.17 bits per heavy atom. The minimum absolute atomic E-state index is 0.221. The van der Waals surface area contributed by atoms with E-state index in [-0.39, 0.29) is 11.7 Å². The van der Waals surface area contributed by atoms with Crippen LogP contribution in [-0.2, 0) is 4.79 Å². The summed E-state index contributed by atoms with van der Waals surface area (Å²) in [7, 11) is 1.59. The van der Waals surface area contributed by atoms with Gasteiger partial charge in [0.15, 0.2) is 0 Å². The molecule has 1 aliphatic rings. The van der Waals surface area contributed by atoms with Gasteiger partial charge in [0.25, 0.3) is 5.91 Å². The van der Waals surface area contributed by atoms with Crippen LogP contribution in [-0.4, -0.2) is 30.1 Å². The van der Waals surface area contributed by atoms with E-state index in [0.29, 0.717) is 17.2 Å². The van der Waals surface area contributed by atoms with Crippen molar-refractivity contribution >= 4 is 17.8 Å². The minimum Gasteiger partial charge on any atom is -0.496 e. The van der Waals surface area contributed by atoms with Crippen LogP contribution in [0.3, 0.4) is 0 Å². The number of carbonyl (C=O) groups excluding carboxylic acids is 2. The number of aromatic nitrogens is 1. The highest BCUT2D eigenvalue weighted by atomic mass is 16.5. The highest BCUT2D eigenvalue weighted by molar-refractivity contribution is 6.20. The largest absolute Gasteiger partial charge is 0.496 e. The van der Waals surface area contributed by atoms with E-state index in [0.717, 1.165) is 10.5 Å². The molecule has 1 saturated heterocycles. The van der Waals surface area contributed by atoms with Crippen molar-refractivity contribution in [3.63, 3.8) is 0 Å². The standard InChI is InChI=1S/C17H17N3O4/c1-10-4-5-12(8-14(10)23-3)24-13-6-7-18-15(9-13)20-16(21)11(2)19-17(20)22/h4-9,11H,1-3H3,(H,19,22). The summed E-state index contributed by atoms with van der Waals surface area (Å²) in [5.41, 5.74) is 0.994. The van der Waals surface area contributed by atoms with Crippen LogP contribution in [0.25, 0.3) is 0 Å². The van der Waals surface area contributed by atoms with Crippen LogP contribution in [0.2, 0.25) is 0 Å². The third kappa shape index (κ3) is 2.88. The van der Waals surface area contributed by atoms with Gasteiger partial charge in [-0.15, -0.1) is 0 Å². The molecule has 1 aromatic heterocycles. The molecule has 0 aliphatic carbocycles. The number of imide groups is 1. The summed E-state index contributed by atoms with van der Waals surface area (Å²) >= 11 is 0. The summed E-state index contributed by atoms with van der Waals surface area (Å²) in [6.07, 6.45) is 1.49. The van der Waals surface area contributed by atoms with Crippen LogP contribution in [0.1, 0.15) is 12.5 Å². The number of benzene rings is 1. The molecule has 124 valence electrons. The van der Waals surface area contributed by atoms with E-state index in [1.807, 2.05) is 19.1 Å². The first-order valence-electron chi connectivity index (χ1n) is 7.42. The predicted molar refractivity (Wildman–Crippen MR) is 87.5 cm³/mol. The average Bonchev–Trinajstić information content (AvgIpc) is 2.82. The van der Waals surface area contributed by atoms with Crippen molar-refractivity contribution in [2.45, 2.75) is 19.9 Å². The number of methoxy groups -OCH3 is 1. The number of urea groups is 1. The molecule has 7 nitrogen and oxygen atoms in total. The van der Waals surface area contributed by atoms with Crippen molar-refractivity contribution in [3.8, 4) is 17.2 Å². The molecule has 1 unspecified atom stereocenters. The van der Waals surface area contributed by atoms with Crippen LogP contribution in [0.4, 0.5) is 10.6 Å². The van der Waals surface area contributed by atoms with Crippen molar-refractivity contribution in [3.05, 3.63) is 42.1 Å². The Balaban J connectivity index is 1.86. The molecule has 3 amide bonds. The van der Waals surface area contributed by atoms with Crippen molar-refractivity contribution < 1.29 is 19.1 Å². The summed E-state index contributed by atoms with van der Waals surface area (Å²) < 4.78 is 11.1. The van der Waals surface area contributed by atoms with Crippen LogP contribution in [0.15, 0.2) is 36.5 Å². The fourth-order valence-electron chi connectivity index (χ4n) is 2.41. The van der Waals surface area contributed by atoms with E-state index < -0.39 is 12.1 Å². The molecule has 1 fully saturated rings. The third-order valence-electron chi connectivity index (χ3n) is 3.70. The summed E-state index contributed by atoms with van der Waals surface area (Å²) in [5.74, 6) is 1.64. The molecule has 1 aliphatic heterocycles. The van der Waals surface area contributed by atoms with Crippen LogP contribution in [0.5, 0.6) is 17.2 Å². The lowest BCUT2D eigenvalue weighted by Gasteiger charge is -2.13. The Morgan fingerprint density at radius 2 is 1.92 bits per heavy atom. The molecule has 1 N–H and O–H groups in total. The number of amides is 3. The molecule has 1 aromatic carbocycles. The van der Waals surface area contributed by atoms with E-state index in [2.05, 4.69) is 10.3 Å². The van der Waals surface area contributed by atoms with Gasteiger partial charge in [-0.2, -0.15) is 0 Å². The first-order valence-corrected chi connectivity index (χ1v) is 7.42. The lowest BCUT2D eigenvalue weighted by molar-refractivity contribution is -0.118. The molecule has 0 spiro atoms. The van der Waals surface area contributed by atoms with E-state index in [9.17, 15) is 9.59 Å². The Hall–Kier alpha value is -3.09. The van der Waals surface area contributed by atoms with Crippen LogP contribution in [0, 0.1) is 6.92 Å². The lowest BCUT2D eigenvalue weighted by Crippen LogP contribution is -2.31. The van der Waals surface area contributed by atoms with E-state index >= 15 is 0 Å². The van der Waals surface area contributed by atoms with Crippen molar-refractivity contribution in [1.29, 1.82) is 0 Å². The van der Waals surface area contributed by atoms with Crippen molar-refractivity contribution in [2.24, 2.45) is 0 Å². The van der Waals surface area contributed by atoms with Crippen LogP contribution >= 0.6 is 0 Å². The number of carbonyl (C=O) groups is 2. The topological polar surface area (TPSA) is 80.8 Å². The van der Waals surface area contributed by atoms with Gasteiger partial charge in [-0.3, -0.25) is 4.79 Å². The number of pyridine rings is 1. The zero-order valence-electron chi connectivity index (χ0n) is 13.6. The zero-order chi connectivity index (χ0) is 17.3. The maximum Gasteiger partial charge on any atom is 0.330 e. The highest BCUT2D eigenvalue weighted by Gasteiger charge is 2.37. The summed E-state index contributed by atoms with van der Waals surface area (Å²) in [4.78, 5) is 29.0. The molecule has 3 rings (SSSR count). The maximum absolute atomic E-state index is 12.1. The quantitative estimate of drug-likeness (QED) is 0.873. The Labute approximate surface area is 139 Å². The molecular weight excluding hydrogens is 310 g/mol.